The Morgan fingerprint density at radius 1 is 1.31 bits per heavy atom. The molecule has 82 valence electrons. The summed E-state index contributed by atoms with van der Waals surface area (Å²) in [5.41, 5.74) is 6.64. The van der Waals surface area contributed by atoms with E-state index in [9.17, 15) is 9.90 Å². The molecule has 2 aromatic rings. The first-order valence-electron chi connectivity index (χ1n) is 4.46. The van der Waals surface area contributed by atoms with E-state index < -0.39 is 5.91 Å². The van der Waals surface area contributed by atoms with E-state index in [4.69, 9.17) is 10.9 Å². The Morgan fingerprint density at radius 3 is 2.50 bits per heavy atom. The van der Waals surface area contributed by atoms with Crippen molar-refractivity contribution in [2.75, 3.05) is 5.48 Å². The van der Waals surface area contributed by atoms with Gasteiger partial charge in [-0.05, 0) is 0 Å². The molecule has 0 aliphatic carbocycles. The van der Waals surface area contributed by atoms with Gasteiger partial charge < -0.3 is 10.8 Å². The van der Waals surface area contributed by atoms with Crippen LogP contribution in [0.2, 0.25) is 0 Å². The zero-order valence-corrected chi connectivity index (χ0v) is 8.14. The van der Waals surface area contributed by atoms with Gasteiger partial charge in [0, 0.05) is 10.8 Å². The number of nitrogens with two attached hydrogens (primary N) is 1. The fourth-order valence-electron chi connectivity index (χ4n) is 1.51. The molecular weight excluding hydrogens is 210 g/mol. The lowest BCUT2D eigenvalue weighted by molar-refractivity contribution is 0.0993. The lowest BCUT2D eigenvalue weighted by Gasteiger charge is -2.08. The molecule has 0 saturated carbocycles. The summed E-state index contributed by atoms with van der Waals surface area (Å²) in [6, 6.07) is 6.65. The number of amides is 1. The molecule has 6 heteroatoms. The minimum Gasteiger partial charge on any atom is -0.505 e. The number of carbonyl (C=O) groups excluding carboxylic acids is 1. The van der Waals surface area contributed by atoms with Crippen LogP contribution in [0.4, 0.5) is 5.82 Å². The summed E-state index contributed by atoms with van der Waals surface area (Å²) in [5.74, 6) is -1.08. The second-order valence-electron chi connectivity index (χ2n) is 3.18. The van der Waals surface area contributed by atoms with Crippen molar-refractivity contribution in [3.05, 3.63) is 30.0 Å². The SMILES string of the molecule is NC(=O)c1nc(NO)c2ccccc2c1O. The molecule has 1 amide bonds. The number of primary amides is 1. The molecule has 0 aliphatic rings. The molecule has 0 bridgehead atoms. The molecule has 0 radical (unpaired) electrons. The van der Waals surface area contributed by atoms with Crippen molar-refractivity contribution in [1.29, 1.82) is 0 Å². The Morgan fingerprint density at radius 2 is 1.94 bits per heavy atom. The molecule has 1 aromatic carbocycles. The lowest BCUT2D eigenvalue weighted by Crippen LogP contribution is -2.14. The van der Waals surface area contributed by atoms with Crippen molar-refractivity contribution in [2.24, 2.45) is 5.73 Å². The van der Waals surface area contributed by atoms with Crippen LogP contribution < -0.4 is 11.2 Å². The summed E-state index contributed by atoms with van der Waals surface area (Å²) in [7, 11) is 0. The van der Waals surface area contributed by atoms with E-state index in [-0.39, 0.29) is 17.3 Å². The maximum absolute atomic E-state index is 11.0. The van der Waals surface area contributed by atoms with Crippen LogP contribution in [0.1, 0.15) is 10.5 Å². The Kier molecular flexibility index (Phi) is 2.34. The molecule has 0 aliphatic heterocycles. The largest absolute Gasteiger partial charge is 0.505 e. The van der Waals surface area contributed by atoms with Gasteiger partial charge in [-0.15, -0.1) is 0 Å². The summed E-state index contributed by atoms with van der Waals surface area (Å²) in [6.45, 7) is 0. The Balaban J connectivity index is 2.88. The highest BCUT2D eigenvalue weighted by atomic mass is 16.5. The van der Waals surface area contributed by atoms with E-state index in [1.54, 1.807) is 24.3 Å². The van der Waals surface area contributed by atoms with Crippen LogP contribution >= 0.6 is 0 Å². The summed E-state index contributed by atoms with van der Waals surface area (Å²) in [6.07, 6.45) is 0. The van der Waals surface area contributed by atoms with Crippen LogP contribution in [0, 0.1) is 0 Å². The molecular formula is C10H9N3O3. The van der Waals surface area contributed by atoms with Gasteiger partial charge in [0.1, 0.15) is 0 Å². The molecule has 5 N–H and O–H groups in total. The van der Waals surface area contributed by atoms with E-state index in [1.165, 1.54) is 0 Å². The smallest absolute Gasteiger partial charge is 0.271 e. The highest BCUT2D eigenvalue weighted by Crippen LogP contribution is 2.31. The fraction of sp³-hybridized carbons (Fsp3) is 0. The van der Waals surface area contributed by atoms with E-state index in [0.29, 0.717) is 10.8 Å². The second kappa shape index (κ2) is 3.67. The maximum Gasteiger partial charge on any atom is 0.271 e. The van der Waals surface area contributed by atoms with Crippen LogP contribution in [0.5, 0.6) is 5.75 Å². The number of fused-ring (bicyclic) bond motifs is 1. The Labute approximate surface area is 90.3 Å². The van der Waals surface area contributed by atoms with Gasteiger partial charge in [-0.3, -0.25) is 15.5 Å². The van der Waals surface area contributed by atoms with Crippen LogP contribution in [0.3, 0.4) is 0 Å². The predicted octanol–water partition coefficient (Wildman–Crippen LogP) is 0.840. The van der Waals surface area contributed by atoms with E-state index in [2.05, 4.69) is 4.98 Å². The van der Waals surface area contributed by atoms with Crippen LogP contribution in [-0.4, -0.2) is 21.2 Å². The first kappa shape index (κ1) is 10.2. The minimum absolute atomic E-state index is 0.0715. The normalized spacial score (nSPS) is 10.3. The molecule has 16 heavy (non-hydrogen) atoms. The predicted molar refractivity (Wildman–Crippen MR) is 57.3 cm³/mol. The standard InChI is InChI=1S/C10H9N3O3/c11-9(15)7-8(14)5-3-1-2-4-6(5)10(12-7)13-16/h1-4,14,16H,(H2,11,15)(H,12,13). The molecule has 1 aromatic heterocycles. The first-order chi connectivity index (χ1) is 7.65. The first-order valence-corrected chi connectivity index (χ1v) is 4.46. The molecule has 0 spiro atoms. The van der Waals surface area contributed by atoms with E-state index in [0.717, 1.165) is 0 Å². The van der Waals surface area contributed by atoms with Gasteiger partial charge in [0.15, 0.2) is 17.3 Å². The van der Waals surface area contributed by atoms with Crippen molar-refractivity contribution in [3.8, 4) is 5.75 Å². The zero-order valence-electron chi connectivity index (χ0n) is 8.14. The fourth-order valence-corrected chi connectivity index (χ4v) is 1.51. The van der Waals surface area contributed by atoms with Gasteiger partial charge in [0.25, 0.3) is 5.91 Å². The molecule has 2 rings (SSSR count). The summed E-state index contributed by atoms with van der Waals surface area (Å²) in [4.78, 5) is 14.8. The number of rotatable bonds is 2. The number of nitrogens with one attached hydrogen (secondary N) is 1. The average molecular weight is 219 g/mol. The van der Waals surface area contributed by atoms with Crippen LogP contribution in [0.15, 0.2) is 24.3 Å². The maximum atomic E-state index is 11.0. The Hall–Kier alpha value is -2.34. The number of benzene rings is 1. The Bertz CT molecular complexity index is 568. The molecule has 0 fully saturated rings. The molecule has 0 unspecified atom stereocenters. The molecule has 6 nitrogen and oxygen atoms in total. The molecule has 1 heterocycles. The average Bonchev–Trinajstić information content (AvgIpc) is 2.29. The third kappa shape index (κ3) is 1.41. The summed E-state index contributed by atoms with van der Waals surface area (Å²) < 4.78 is 0. The highest BCUT2D eigenvalue weighted by molar-refractivity contribution is 6.04. The number of aromatic hydroxyl groups is 1. The van der Waals surface area contributed by atoms with E-state index in [1.807, 2.05) is 5.48 Å². The number of hydrogen-bond acceptors (Lipinski definition) is 5. The molecule has 0 saturated heterocycles. The summed E-state index contributed by atoms with van der Waals surface area (Å²) in [5, 5.41) is 19.5. The number of pyridine rings is 1. The van der Waals surface area contributed by atoms with Crippen molar-refractivity contribution in [1.82, 2.24) is 4.98 Å². The van der Waals surface area contributed by atoms with E-state index >= 15 is 0 Å². The quantitative estimate of drug-likeness (QED) is 0.559. The third-order valence-corrected chi connectivity index (χ3v) is 2.22. The lowest BCUT2D eigenvalue weighted by atomic mass is 10.1. The monoisotopic (exact) mass is 219 g/mol. The van der Waals surface area contributed by atoms with Crippen molar-refractivity contribution in [2.45, 2.75) is 0 Å². The third-order valence-electron chi connectivity index (χ3n) is 2.22. The summed E-state index contributed by atoms with van der Waals surface area (Å²) >= 11 is 0. The number of nitrogens with zero attached hydrogens (tertiary/aromatic N) is 1. The van der Waals surface area contributed by atoms with Gasteiger partial charge in [0.2, 0.25) is 0 Å². The van der Waals surface area contributed by atoms with Gasteiger partial charge in [0.05, 0.1) is 0 Å². The minimum atomic E-state index is -0.861. The van der Waals surface area contributed by atoms with Crippen molar-refractivity contribution >= 4 is 22.5 Å². The van der Waals surface area contributed by atoms with Crippen molar-refractivity contribution in [3.63, 3.8) is 0 Å². The molecule has 0 atom stereocenters. The number of carbonyl (C=O) groups is 1. The van der Waals surface area contributed by atoms with Crippen LogP contribution in [-0.2, 0) is 0 Å². The second-order valence-corrected chi connectivity index (χ2v) is 3.18. The topological polar surface area (TPSA) is 108 Å². The van der Waals surface area contributed by atoms with Crippen molar-refractivity contribution < 1.29 is 15.1 Å². The number of hydrogen-bond donors (Lipinski definition) is 4. The number of aromatic nitrogens is 1. The highest BCUT2D eigenvalue weighted by Gasteiger charge is 2.16. The van der Waals surface area contributed by atoms with Gasteiger partial charge in [-0.25, -0.2) is 4.98 Å². The number of anilines is 1. The van der Waals surface area contributed by atoms with Gasteiger partial charge in [-0.1, -0.05) is 24.3 Å². The van der Waals surface area contributed by atoms with Gasteiger partial charge >= 0.3 is 0 Å². The zero-order chi connectivity index (χ0) is 11.7. The van der Waals surface area contributed by atoms with Gasteiger partial charge in [-0.2, -0.15) is 0 Å². The van der Waals surface area contributed by atoms with Crippen LogP contribution in [0.25, 0.3) is 10.8 Å².